The first-order valence-corrected chi connectivity index (χ1v) is 12.8. The molecule has 0 spiro atoms. The molecule has 6 nitrogen and oxygen atoms in total. The number of carbonyl (C=O) groups is 1. The lowest BCUT2D eigenvalue weighted by atomic mass is 9.95. The summed E-state index contributed by atoms with van der Waals surface area (Å²) in [6.45, 7) is 1.80. The van der Waals surface area contributed by atoms with E-state index >= 15 is 0 Å². The third kappa shape index (κ3) is 4.69. The second-order valence-electron chi connectivity index (χ2n) is 8.23. The first-order valence-electron chi connectivity index (χ1n) is 11.2. The number of allylic oxidation sites excluding steroid dienone is 1. The van der Waals surface area contributed by atoms with E-state index in [0.717, 1.165) is 15.6 Å². The lowest BCUT2D eigenvalue weighted by Crippen LogP contribution is -2.40. The molecule has 5 rings (SSSR count). The molecule has 0 radical (unpaired) electrons. The number of carbonyl (C=O) groups excluding carboxylic acids is 1. The molecule has 8 heteroatoms. The number of aromatic nitrogens is 1. The third-order valence-corrected chi connectivity index (χ3v) is 7.39. The molecule has 0 unspecified atom stereocenters. The van der Waals surface area contributed by atoms with Crippen molar-refractivity contribution < 1.29 is 9.53 Å². The van der Waals surface area contributed by atoms with Crippen molar-refractivity contribution >= 4 is 44.9 Å². The van der Waals surface area contributed by atoms with Crippen molar-refractivity contribution in [3.05, 3.63) is 125 Å². The van der Waals surface area contributed by atoms with Crippen molar-refractivity contribution in [2.45, 2.75) is 13.0 Å². The minimum absolute atomic E-state index is 0.202. The number of rotatable bonds is 5. The second-order valence-corrected chi connectivity index (χ2v) is 10.2. The molecular formula is C28H22BrN3O3S. The average Bonchev–Trinajstić information content (AvgIpc) is 3.19. The van der Waals surface area contributed by atoms with Gasteiger partial charge in [0.25, 0.3) is 11.5 Å². The summed E-state index contributed by atoms with van der Waals surface area (Å²) in [6, 6.07) is 23.7. The zero-order chi connectivity index (χ0) is 25.2. The standard InChI is InChI=1S/C28H22BrN3O3S/c1-17-24(26(33)31-21-8-4-3-5-9-21)25(19-7-6-10-22(16-19)35-2)32-27(34)23(36-28(32)30-17)15-18-11-13-20(29)14-12-18/h3-16,25H,1-2H3,(H,31,33)/b23-15-/t25-/m1/s1. The van der Waals surface area contributed by atoms with E-state index in [1.165, 1.54) is 11.3 Å². The maximum Gasteiger partial charge on any atom is 0.271 e. The number of ether oxygens (including phenoxy) is 1. The van der Waals surface area contributed by atoms with Gasteiger partial charge in [-0.1, -0.05) is 69.7 Å². The van der Waals surface area contributed by atoms with Crippen LogP contribution in [0.1, 0.15) is 24.1 Å². The Morgan fingerprint density at radius 3 is 2.56 bits per heavy atom. The van der Waals surface area contributed by atoms with Crippen LogP contribution in [0, 0.1) is 0 Å². The number of thiazole rings is 1. The van der Waals surface area contributed by atoms with Crippen molar-refractivity contribution in [1.82, 2.24) is 4.57 Å². The summed E-state index contributed by atoms with van der Waals surface area (Å²) in [7, 11) is 1.59. The maximum atomic E-state index is 13.7. The number of amides is 1. The van der Waals surface area contributed by atoms with Crippen molar-refractivity contribution in [3.8, 4) is 5.75 Å². The minimum atomic E-state index is -0.660. The van der Waals surface area contributed by atoms with Crippen LogP contribution in [0.3, 0.4) is 0 Å². The van der Waals surface area contributed by atoms with Crippen LogP contribution in [-0.2, 0) is 4.79 Å². The fraction of sp³-hybridized carbons (Fsp3) is 0.107. The van der Waals surface area contributed by atoms with Crippen molar-refractivity contribution in [2.75, 3.05) is 12.4 Å². The number of hydrogen-bond donors (Lipinski definition) is 1. The highest BCUT2D eigenvalue weighted by Crippen LogP contribution is 2.32. The van der Waals surface area contributed by atoms with Gasteiger partial charge in [-0.3, -0.25) is 14.2 Å². The Bertz CT molecular complexity index is 1650. The molecule has 2 heterocycles. The molecule has 1 aliphatic rings. The van der Waals surface area contributed by atoms with Crippen molar-refractivity contribution in [2.24, 2.45) is 4.99 Å². The zero-order valence-corrected chi connectivity index (χ0v) is 22.0. The first kappa shape index (κ1) is 24.0. The summed E-state index contributed by atoms with van der Waals surface area (Å²) >= 11 is 4.75. The highest BCUT2D eigenvalue weighted by Gasteiger charge is 2.32. The molecule has 1 atom stereocenters. The molecule has 3 aromatic carbocycles. The normalized spacial score (nSPS) is 15.3. The van der Waals surface area contributed by atoms with Crippen LogP contribution >= 0.6 is 27.3 Å². The smallest absolute Gasteiger partial charge is 0.271 e. The van der Waals surface area contributed by atoms with Gasteiger partial charge in [0.2, 0.25) is 0 Å². The number of anilines is 1. The van der Waals surface area contributed by atoms with Gasteiger partial charge in [-0.2, -0.15) is 0 Å². The summed E-state index contributed by atoms with van der Waals surface area (Å²) in [5.41, 5.74) is 3.10. The Morgan fingerprint density at radius 2 is 1.83 bits per heavy atom. The highest BCUT2D eigenvalue weighted by atomic mass is 79.9. The Labute approximate surface area is 220 Å². The van der Waals surface area contributed by atoms with Crippen LogP contribution in [-0.4, -0.2) is 17.6 Å². The molecule has 4 aromatic rings. The molecule has 1 amide bonds. The van der Waals surface area contributed by atoms with E-state index in [1.54, 1.807) is 18.6 Å². The van der Waals surface area contributed by atoms with Gasteiger partial charge in [-0.05, 0) is 60.5 Å². The molecule has 0 aliphatic carbocycles. The molecule has 1 aromatic heterocycles. The highest BCUT2D eigenvalue weighted by molar-refractivity contribution is 9.10. The molecule has 180 valence electrons. The fourth-order valence-corrected chi connectivity index (χ4v) is 5.48. The zero-order valence-electron chi connectivity index (χ0n) is 19.6. The SMILES string of the molecule is COc1cccc([C@@H]2C(C(=O)Nc3ccccc3)=C(C)N=c3s/c(=C\c4ccc(Br)cc4)c(=O)n32)c1. The van der Waals surface area contributed by atoms with Gasteiger partial charge in [-0.25, -0.2) is 4.99 Å². The number of para-hydroxylation sites is 1. The summed E-state index contributed by atoms with van der Waals surface area (Å²) in [4.78, 5) is 32.6. The number of halogens is 1. The molecular weight excluding hydrogens is 538 g/mol. The van der Waals surface area contributed by atoms with Crippen molar-refractivity contribution in [1.29, 1.82) is 0 Å². The minimum Gasteiger partial charge on any atom is -0.497 e. The maximum absolute atomic E-state index is 13.7. The molecule has 0 saturated heterocycles. The van der Waals surface area contributed by atoms with Gasteiger partial charge in [0.15, 0.2) is 4.80 Å². The molecule has 0 bridgehead atoms. The summed E-state index contributed by atoms with van der Waals surface area (Å²) < 4.78 is 8.55. The predicted molar refractivity (Wildman–Crippen MR) is 146 cm³/mol. The number of benzene rings is 3. The Kier molecular flexibility index (Phi) is 6.71. The van der Waals surface area contributed by atoms with Crippen LogP contribution in [0.25, 0.3) is 6.08 Å². The fourth-order valence-electron chi connectivity index (χ4n) is 4.17. The largest absolute Gasteiger partial charge is 0.497 e. The lowest BCUT2D eigenvalue weighted by molar-refractivity contribution is -0.113. The third-order valence-electron chi connectivity index (χ3n) is 5.88. The van der Waals surface area contributed by atoms with E-state index in [-0.39, 0.29) is 11.5 Å². The quantitative estimate of drug-likeness (QED) is 0.387. The van der Waals surface area contributed by atoms with E-state index in [9.17, 15) is 9.59 Å². The Balaban J connectivity index is 1.68. The summed E-state index contributed by atoms with van der Waals surface area (Å²) in [5.74, 6) is 0.333. The van der Waals surface area contributed by atoms with Crippen LogP contribution < -0.4 is 24.9 Å². The number of fused-ring (bicyclic) bond motifs is 1. The lowest BCUT2D eigenvalue weighted by Gasteiger charge is -2.25. The first-order chi connectivity index (χ1) is 17.4. The van der Waals surface area contributed by atoms with E-state index in [0.29, 0.717) is 32.0 Å². The van der Waals surface area contributed by atoms with Gasteiger partial charge in [0.1, 0.15) is 5.75 Å². The molecule has 1 N–H and O–H groups in total. The summed E-state index contributed by atoms with van der Waals surface area (Å²) in [5, 5.41) is 2.96. The van der Waals surface area contributed by atoms with E-state index in [1.807, 2.05) is 84.9 Å². The number of nitrogens with zero attached hydrogens (tertiary/aromatic N) is 2. The Hall–Kier alpha value is -3.75. The molecule has 1 aliphatic heterocycles. The topological polar surface area (TPSA) is 72.7 Å². The van der Waals surface area contributed by atoms with Gasteiger partial charge in [0.05, 0.1) is 29.0 Å². The Morgan fingerprint density at radius 1 is 1.08 bits per heavy atom. The predicted octanol–water partition coefficient (Wildman–Crippen LogP) is 4.65. The summed E-state index contributed by atoms with van der Waals surface area (Å²) in [6.07, 6.45) is 1.85. The number of methoxy groups -OCH3 is 1. The number of nitrogens with one attached hydrogen (secondary N) is 1. The monoisotopic (exact) mass is 559 g/mol. The average molecular weight is 560 g/mol. The van der Waals surface area contributed by atoms with Crippen molar-refractivity contribution in [3.63, 3.8) is 0 Å². The second kappa shape index (κ2) is 10.1. The van der Waals surface area contributed by atoms with E-state index < -0.39 is 6.04 Å². The van der Waals surface area contributed by atoms with Gasteiger partial charge >= 0.3 is 0 Å². The molecule has 36 heavy (non-hydrogen) atoms. The van der Waals surface area contributed by atoms with Crippen LogP contribution in [0.2, 0.25) is 0 Å². The number of hydrogen-bond acceptors (Lipinski definition) is 5. The molecule has 0 fully saturated rings. The van der Waals surface area contributed by atoms with E-state index in [4.69, 9.17) is 4.74 Å². The van der Waals surface area contributed by atoms with E-state index in [2.05, 4.69) is 26.2 Å². The van der Waals surface area contributed by atoms with Gasteiger partial charge < -0.3 is 10.1 Å². The van der Waals surface area contributed by atoms with Gasteiger partial charge in [-0.15, -0.1) is 0 Å². The molecule has 0 saturated carbocycles. The van der Waals surface area contributed by atoms with Gasteiger partial charge in [0, 0.05) is 10.2 Å². The van der Waals surface area contributed by atoms with Crippen LogP contribution in [0.5, 0.6) is 5.75 Å². The van der Waals surface area contributed by atoms with Crippen LogP contribution in [0.15, 0.2) is 104 Å². The van der Waals surface area contributed by atoms with Crippen LogP contribution in [0.4, 0.5) is 5.69 Å².